The molecule has 0 radical (unpaired) electrons. The van der Waals surface area contributed by atoms with Crippen molar-refractivity contribution in [2.24, 2.45) is 4.99 Å². The number of thioether (sulfide) groups is 1. The van der Waals surface area contributed by atoms with Crippen LogP contribution >= 0.6 is 27.7 Å². The number of amides is 1. The fraction of sp³-hybridized carbons (Fsp3) is 0.161. The summed E-state index contributed by atoms with van der Waals surface area (Å²) >= 11 is 4.97. The summed E-state index contributed by atoms with van der Waals surface area (Å²) in [5.41, 5.74) is 3.95. The first kappa shape index (κ1) is 26.1. The van der Waals surface area contributed by atoms with E-state index < -0.39 is 0 Å². The summed E-state index contributed by atoms with van der Waals surface area (Å²) in [6, 6.07) is 26.4. The van der Waals surface area contributed by atoms with Gasteiger partial charge in [-0.2, -0.15) is 0 Å². The van der Waals surface area contributed by atoms with Crippen molar-refractivity contribution >= 4 is 61.3 Å². The highest BCUT2D eigenvalue weighted by atomic mass is 79.9. The first-order chi connectivity index (χ1) is 18.5. The minimum atomic E-state index is -0.176. The highest BCUT2D eigenvalue weighted by molar-refractivity contribution is 9.10. The normalized spacial score (nSPS) is 15.3. The monoisotopic (exact) mass is 586 g/mol. The Morgan fingerprint density at radius 2 is 1.68 bits per heavy atom. The molecule has 1 amide bonds. The molecule has 38 heavy (non-hydrogen) atoms. The Morgan fingerprint density at radius 3 is 2.45 bits per heavy atom. The Labute approximate surface area is 235 Å². The summed E-state index contributed by atoms with van der Waals surface area (Å²) in [6.07, 6.45) is 2.81. The molecule has 5 nitrogen and oxygen atoms in total. The van der Waals surface area contributed by atoms with Gasteiger partial charge >= 0.3 is 0 Å². The van der Waals surface area contributed by atoms with Gasteiger partial charge in [-0.05, 0) is 105 Å². The van der Waals surface area contributed by atoms with E-state index in [0.717, 1.165) is 27.7 Å². The van der Waals surface area contributed by atoms with Gasteiger partial charge in [0, 0.05) is 0 Å². The predicted octanol–water partition coefficient (Wildman–Crippen LogP) is 8.03. The van der Waals surface area contributed by atoms with E-state index in [1.807, 2.05) is 61.5 Å². The minimum Gasteiger partial charge on any atom is -0.490 e. The zero-order chi connectivity index (χ0) is 26.5. The van der Waals surface area contributed by atoms with E-state index in [9.17, 15) is 4.79 Å². The molecular formula is C31H27BrN2O3S. The van der Waals surface area contributed by atoms with Crippen LogP contribution in [-0.4, -0.2) is 17.7 Å². The van der Waals surface area contributed by atoms with E-state index in [1.165, 1.54) is 28.1 Å². The number of amidine groups is 1. The average molecular weight is 588 g/mol. The number of aryl methyl sites for hydroxylation is 1. The second-order valence-electron chi connectivity index (χ2n) is 8.73. The lowest BCUT2D eigenvalue weighted by molar-refractivity contribution is -0.115. The van der Waals surface area contributed by atoms with Gasteiger partial charge in [-0.3, -0.25) is 4.79 Å². The second-order valence-corrected chi connectivity index (χ2v) is 10.6. The molecule has 1 fully saturated rings. The zero-order valence-electron chi connectivity index (χ0n) is 21.2. The lowest BCUT2D eigenvalue weighted by atomic mass is 10.1. The Kier molecular flexibility index (Phi) is 8.15. The van der Waals surface area contributed by atoms with Crippen LogP contribution < -0.4 is 14.8 Å². The van der Waals surface area contributed by atoms with Gasteiger partial charge < -0.3 is 14.8 Å². The largest absolute Gasteiger partial charge is 0.490 e. The number of benzene rings is 4. The van der Waals surface area contributed by atoms with Crippen LogP contribution in [0.1, 0.15) is 30.5 Å². The number of rotatable bonds is 8. The van der Waals surface area contributed by atoms with Crippen molar-refractivity contribution in [3.63, 3.8) is 0 Å². The van der Waals surface area contributed by atoms with Crippen molar-refractivity contribution in [2.75, 3.05) is 6.61 Å². The van der Waals surface area contributed by atoms with Crippen molar-refractivity contribution in [2.45, 2.75) is 26.9 Å². The number of fused-ring (bicyclic) bond motifs is 1. The van der Waals surface area contributed by atoms with Crippen molar-refractivity contribution < 1.29 is 14.3 Å². The van der Waals surface area contributed by atoms with Crippen LogP contribution in [0.25, 0.3) is 16.8 Å². The van der Waals surface area contributed by atoms with E-state index in [4.69, 9.17) is 9.47 Å². The number of carbonyl (C=O) groups is 1. The molecule has 0 spiro atoms. The highest BCUT2D eigenvalue weighted by Gasteiger charge is 2.24. The average Bonchev–Trinajstić information content (AvgIpc) is 3.26. The lowest BCUT2D eigenvalue weighted by Crippen LogP contribution is -2.19. The number of nitrogens with zero attached hydrogens (tertiary/aromatic N) is 1. The molecule has 4 aromatic rings. The van der Waals surface area contributed by atoms with Gasteiger partial charge in [0.15, 0.2) is 16.7 Å². The van der Waals surface area contributed by atoms with Gasteiger partial charge in [0.05, 0.1) is 21.7 Å². The van der Waals surface area contributed by atoms with E-state index in [1.54, 1.807) is 0 Å². The van der Waals surface area contributed by atoms with Gasteiger partial charge in [-0.1, -0.05) is 55.5 Å². The highest BCUT2D eigenvalue weighted by Crippen LogP contribution is 2.39. The number of halogens is 1. The zero-order valence-corrected chi connectivity index (χ0v) is 23.6. The van der Waals surface area contributed by atoms with Crippen LogP contribution in [0.5, 0.6) is 11.5 Å². The molecule has 192 valence electrons. The van der Waals surface area contributed by atoms with Gasteiger partial charge in [0.2, 0.25) is 0 Å². The van der Waals surface area contributed by atoms with E-state index >= 15 is 0 Å². The van der Waals surface area contributed by atoms with E-state index in [2.05, 4.69) is 63.5 Å². The Bertz CT molecular complexity index is 1550. The number of ether oxygens (including phenoxy) is 2. The van der Waals surface area contributed by atoms with Crippen molar-refractivity contribution in [1.29, 1.82) is 0 Å². The Balaban J connectivity index is 1.35. The molecule has 0 saturated carbocycles. The number of aliphatic imine (C=N–C) groups is 1. The fourth-order valence-corrected chi connectivity index (χ4v) is 5.53. The molecule has 7 heteroatoms. The predicted molar refractivity (Wildman–Crippen MR) is 160 cm³/mol. The van der Waals surface area contributed by atoms with Gasteiger partial charge in [0.1, 0.15) is 6.61 Å². The molecular weight excluding hydrogens is 560 g/mol. The summed E-state index contributed by atoms with van der Waals surface area (Å²) in [6.45, 7) is 4.94. The standard InChI is InChI=1S/C31H27BrN2O3S/c1-3-20-10-13-25(14-11-20)33-31-34-30(35)28(38-31)18-22-16-26(32)29(27(17-22)36-4-2)37-19-21-9-12-23-7-5-6-8-24(23)15-21/h5-18H,3-4,19H2,1-2H3,(H,33,34,35)/b28-18-. The third-order valence-corrected chi connectivity index (χ3v) is 7.55. The summed E-state index contributed by atoms with van der Waals surface area (Å²) in [4.78, 5) is 17.8. The Hall–Kier alpha value is -3.55. The van der Waals surface area contributed by atoms with Crippen LogP contribution in [0.4, 0.5) is 5.69 Å². The number of nitrogens with one attached hydrogen (secondary N) is 1. The van der Waals surface area contributed by atoms with Crippen LogP contribution in [-0.2, 0) is 17.8 Å². The third-order valence-electron chi connectivity index (χ3n) is 6.05. The Morgan fingerprint density at radius 1 is 0.921 bits per heavy atom. The number of hydrogen-bond acceptors (Lipinski definition) is 5. The van der Waals surface area contributed by atoms with Crippen LogP contribution in [0.2, 0.25) is 0 Å². The molecule has 0 atom stereocenters. The maximum atomic E-state index is 12.6. The molecule has 1 aliphatic rings. The topological polar surface area (TPSA) is 59.9 Å². The SMILES string of the molecule is CCOc1cc(/C=C2\SC(=Nc3ccc(CC)cc3)NC2=O)cc(Br)c1OCc1ccc2ccccc2c1. The molecule has 0 unspecified atom stereocenters. The number of hydrogen-bond donors (Lipinski definition) is 1. The molecule has 0 aromatic heterocycles. The minimum absolute atomic E-state index is 0.176. The first-order valence-corrected chi connectivity index (χ1v) is 14.1. The van der Waals surface area contributed by atoms with Crippen molar-refractivity contribution in [1.82, 2.24) is 5.32 Å². The first-order valence-electron chi connectivity index (χ1n) is 12.5. The van der Waals surface area contributed by atoms with Gasteiger partial charge in [-0.15, -0.1) is 0 Å². The van der Waals surface area contributed by atoms with Gasteiger partial charge in [0.25, 0.3) is 5.91 Å². The lowest BCUT2D eigenvalue weighted by Gasteiger charge is -2.15. The summed E-state index contributed by atoms with van der Waals surface area (Å²) in [7, 11) is 0. The molecule has 1 N–H and O–H groups in total. The maximum absolute atomic E-state index is 12.6. The molecule has 5 rings (SSSR count). The van der Waals surface area contributed by atoms with E-state index in [-0.39, 0.29) is 5.91 Å². The number of carbonyl (C=O) groups excluding carboxylic acids is 1. The summed E-state index contributed by atoms with van der Waals surface area (Å²) in [5.74, 6) is 1.07. The molecule has 1 aliphatic heterocycles. The maximum Gasteiger partial charge on any atom is 0.264 e. The fourth-order valence-electron chi connectivity index (χ4n) is 4.11. The smallest absolute Gasteiger partial charge is 0.264 e. The van der Waals surface area contributed by atoms with Crippen molar-refractivity contribution in [3.05, 3.63) is 105 Å². The van der Waals surface area contributed by atoms with Gasteiger partial charge in [-0.25, -0.2) is 4.99 Å². The third kappa shape index (κ3) is 6.11. The molecule has 1 saturated heterocycles. The quantitative estimate of drug-likeness (QED) is 0.212. The molecule has 0 aliphatic carbocycles. The van der Waals surface area contributed by atoms with Crippen LogP contribution in [0, 0.1) is 0 Å². The summed E-state index contributed by atoms with van der Waals surface area (Å²) in [5, 5.41) is 5.79. The van der Waals surface area contributed by atoms with Crippen LogP contribution in [0.3, 0.4) is 0 Å². The summed E-state index contributed by atoms with van der Waals surface area (Å²) < 4.78 is 12.9. The van der Waals surface area contributed by atoms with E-state index in [0.29, 0.717) is 34.8 Å². The molecule has 0 bridgehead atoms. The molecule has 4 aromatic carbocycles. The van der Waals surface area contributed by atoms with Crippen LogP contribution in [0.15, 0.2) is 93.2 Å². The van der Waals surface area contributed by atoms with Crippen molar-refractivity contribution in [3.8, 4) is 11.5 Å². The second kappa shape index (κ2) is 11.9. The molecule has 1 heterocycles.